The van der Waals surface area contributed by atoms with E-state index < -0.39 is 24.6 Å². The molecule has 0 saturated heterocycles. The van der Waals surface area contributed by atoms with Crippen molar-refractivity contribution in [2.75, 3.05) is 5.32 Å². The second-order valence-electron chi connectivity index (χ2n) is 4.47. The lowest BCUT2D eigenvalue weighted by Gasteiger charge is -2.18. The van der Waals surface area contributed by atoms with Gasteiger partial charge < -0.3 is 10.4 Å². The number of carbonyl (C=O) groups is 1. The van der Waals surface area contributed by atoms with Gasteiger partial charge in [0.25, 0.3) is 0 Å². The van der Waals surface area contributed by atoms with Crippen LogP contribution in [0, 0.1) is 13.8 Å². The largest absolute Gasteiger partial charge is 0.478 e. The third kappa shape index (κ3) is 4.42. The zero-order chi connectivity index (χ0) is 14.8. The van der Waals surface area contributed by atoms with Crippen LogP contribution in [0.4, 0.5) is 19.0 Å². The lowest BCUT2D eigenvalue weighted by molar-refractivity contribution is -0.136. The molecule has 0 spiro atoms. The first-order chi connectivity index (χ1) is 8.60. The van der Waals surface area contributed by atoms with Crippen molar-refractivity contribution >= 4 is 11.8 Å². The average Bonchev–Trinajstić information content (AvgIpc) is 2.10. The number of anilines is 1. The molecule has 1 rings (SSSR count). The fourth-order valence-electron chi connectivity index (χ4n) is 1.84. The van der Waals surface area contributed by atoms with Crippen LogP contribution >= 0.6 is 0 Å². The SMILES string of the molecule is Cc1cc(C)c(C(=O)O)c(NC(C)CC(F)(F)F)n1. The lowest BCUT2D eigenvalue weighted by atomic mass is 10.1. The third-order valence-corrected chi connectivity index (χ3v) is 2.48. The first-order valence-electron chi connectivity index (χ1n) is 5.65. The number of nitrogens with one attached hydrogen (secondary N) is 1. The van der Waals surface area contributed by atoms with Crippen molar-refractivity contribution in [1.29, 1.82) is 0 Å². The highest BCUT2D eigenvalue weighted by Crippen LogP contribution is 2.25. The molecule has 0 aromatic carbocycles. The van der Waals surface area contributed by atoms with Gasteiger partial charge in [-0.05, 0) is 32.4 Å². The van der Waals surface area contributed by atoms with Crippen molar-refractivity contribution in [1.82, 2.24) is 4.98 Å². The van der Waals surface area contributed by atoms with Gasteiger partial charge in [-0.3, -0.25) is 0 Å². The maximum atomic E-state index is 12.2. The number of carboxylic acids is 1. The number of halogens is 3. The van der Waals surface area contributed by atoms with Crippen molar-refractivity contribution in [2.24, 2.45) is 0 Å². The lowest BCUT2D eigenvalue weighted by Crippen LogP contribution is -2.25. The number of hydrogen-bond acceptors (Lipinski definition) is 3. The molecule has 1 atom stereocenters. The van der Waals surface area contributed by atoms with E-state index in [4.69, 9.17) is 5.11 Å². The van der Waals surface area contributed by atoms with Crippen LogP contribution < -0.4 is 5.32 Å². The van der Waals surface area contributed by atoms with Crippen molar-refractivity contribution in [3.05, 3.63) is 22.9 Å². The number of pyridine rings is 1. The molecule has 0 aliphatic rings. The summed E-state index contributed by atoms with van der Waals surface area (Å²) in [6.07, 6.45) is -5.37. The first kappa shape index (κ1) is 15.3. The van der Waals surface area contributed by atoms with Gasteiger partial charge in [0, 0.05) is 11.7 Å². The summed E-state index contributed by atoms with van der Waals surface area (Å²) in [7, 11) is 0. The molecule has 0 aliphatic carbocycles. The van der Waals surface area contributed by atoms with E-state index in [1.807, 2.05) is 0 Å². The van der Waals surface area contributed by atoms with E-state index in [2.05, 4.69) is 10.3 Å². The predicted octanol–water partition coefficient (Wildman–Crippen LogP) is 3.15. The van der Waals surface area contributed by atoms with Crippen molar-refractivity contribution in [3.63, 3.8) is 0 Å². The van der Waals surface area contributed by atoms with E-state index in [1.54, 1.807) is 19.9 Å². The summed E-state index contributed by atoms with van der Waals surface area (Å²) in [5.74, 6) is -1.24. The second-order valence-corrected chi connectivity index (χ2v) is 4.47. The molecular weight excluding hydrogens is 261 g/mol. The fourth-order valence-corrected chi connectivity index (χ4v) is 1.84. The summed E-state index contributed by atoms with van der Waals surface area (Å²) in [5.41, 5.74) is 0.908. The van der Waals surface area contributed by atoms with Crippen molar-refractivity contribution in [3.8, 4) is 0 Å². The Labute approximate surface area is 108 Å². The van der Waals surface area contributed by atoms with Gasteiger partial charge in [-0.15, -0.1) is 0 Å². The number of nitrogens with zero attached hydrogens (tertiary/aromatic N) is 1. The zero-order valence-electron chi connectivity index (χ0n) is 10.8. The summed E-state index contributed by atoms with van der Waals surface area (Å²) in [6, 6.07) is 0.620. The van der Waals surface area contributed by atoms with Gasteiger partial charge in [-0.25, -0.2) is 9.78 Å². The molecule has 0 bridgehead atoms. The molecule has 1 heterocycles. The number of hydrogen-bond donors (Lipinski definition) is 2. The summed E-state index contributed by atoms with van der Waals surface area (Å²) in [5, 5.41) is 11.6. The minimum Gasteiger partial charge on any atom is -0.478 e. The van der Waals surface area contributed by atoms with Crippen LogP contribution in [-0.2, 0) is 0 Å². The number of rotatable bonds is 4. The highest BCUT2D eigenvalue weighted by molar-refractivity contribution is 5.94. The van der Waals surface area contributed by atoms with Gasteiger partial charge in [0.1, 0.15) is 11.4 Å². The Morgan fingerprint density at radius 1 is 1.47 bits per heavy atom. The number of aromatic carboxylic acids is 1. The Kier molecular flexibility index (Phi) is 4.39. The van der Waals surface area contributed by atoms with Crippen LogP contribution in [-0.4, -0.2) is 28.3 Å². The van der Waals surface area contributed by atoms with E-state index in [9.17, 15) is 18.0 Å². The standard InChI is InChI=1S/C12H15F3N2O2/c1-6-4-7(2)16-10(9(6)11(18)19)17-8(3)5-12(13,14)15/h4,8H,5H2,1-3H3,(H,16,17)(H,18,19). The molecule has 2 N–H and O–H groups in total. The van der Waals surface area contributed by atoms with Crippen LogP contribution in [0.25, 0.3) is 0 Å². The maximum Gasteiger partial charge on any atom is 0.391 e. The normalized spacial score (nSPS) is 13.2. The molecule has 1 aromatic rings. The molecule has 0 fully saturated rings. The fraction of sp³-hybridized carbons (Fsp3) is 0.500. The van der Waals surface area contributed by atoms with E-state index in [0.717, 1.165) is 0 Å². The molecule has 0 radical (unpaired) electrons. The minimum atomic E-state index is -4.31. The van der Waals surface area contributed by atoms with Gasteiger partial charge in [0.05, 0.1) is 6.42 Å². The van der Waals surface area contributed by atoms with Crippen LogP contribution in [0.3, 0.4) is 0 Å². The quantitative estimate of drug-likeness (QED) is 0.886. The van der Waals surface area contributed by atoms with Crippen molar-refractivity contribution < 1.29 is 23.1 Å². The van der Waals surface area contributed by atoms with Crippen LogP contribution in [0.1, 0.15) is 35.0 Å². The molecule has 1 unspecified atom stereocenters. The zero-order valence-corrected chi connectivity index (χ0v) is 10.8. The summed E-state index contributed by atoms with van der Waals surface area (Å²) >= 11 is 0. The highest BCUT2D eigenvalue weighted by Gasteiger charge is 2.30. The van der Waals surface area contributed by atoms with Crippen LogP contribution in [0.5, 0.6) is 0 Å². The molecule has 0 amide bonds. The second kappa shape index (κ2) is 5.46. The minimum absolute atomic E-state index is 0.0262. The topological polar surface area (TPSA) is 62.2 Å². The molecule has 7 heteroatoms. The van der Waals surface area contributed by atoms with E-state index >= 15 is 0 Å². The first-order valence-corrected chi connectivity index (χ1v) is 5.65. The van der Waals surface area contributed by atoms with Crippen molar-refractivity contribution in [2.45, 2.75) is 39.4 Å². The number of aryl methyl sites for hydroxylation is 2. The van der Waals surface area contributed by atoms with Crippen LogP contribution in [0.2, 0.25) is 0 Å². The van der Waals surface area contributed by atoms with E-state index in [0.29, 0.717) is 11.3 Å². The third-order valence-electron chi connectivity index (χ3n) is 2.48. The molecule has 0 saturated carbocycles. The highest BCUT2D eigenvalue weighted by atomic mass is 19.4. The Morgan fingerprint density at radius 3 is 2.53 bits per heavy atom. The number of aromatic nitrogens is 1. The molecule has 19 heavy (non-hydrogen) atoms. The molecule has 0 aliphatic heterocycles. The molecule has 1 aromatic heterocycles. The molecular formula is C12H15F3N2O2. The number of alkyl halides is 3. The van der Waals surface area contributed by atoms with Gasteiger partial charge in [0.2, 0.25) is 0 Å². The van der Waals surface area contributed by atoms with Gasteiger partial charge in [-0.1, -0.05) is 0 Å². The van der Waals surface area contributed by atoms with Crippen LogP contribution in [0.15, 0.2) is 6.07 Å². The van der Waals surface area contributed by atoms with Gasteiger partial charge in [-0.2, -0.15) is 13.2 Å². The predicted molar refractivity (Wildman–Crippen MR) is 64.4 cm³/mol. The van der Waals surface area contributed by atoms with Gasteiger partial charge in [0.15, 0.2) is 0 Å². The smallest absolute Gasteiger partial charge is 0.391 e. The Morgan fingerprint density at radius 2 is 2.05 bits per heavy atom. The summed E-state index contributed by atoms with van der Waals surface area (Å²) in [4.78, 5) is 15.1. The Bertz CT molecular complexity index is 487. The van der Waals surface area contributed by atoms with E-state index in [1.165, 1.54) is 6.92 Å². The average molecular weight is 276 g/mol. The van der Waals surface area contributed by atoms with Gasteiger partial charge >= 0.3 is 12.1 Å². The summed E-state index contributed by atoms with van der Waals surface area (Å²) < 4.78 is 36.7. The summed E-state index contributed by atoms with van der Waals surface area (Å²) in [6.45, 7) is 4.56. The molecule has 4 nitrogen and oxygen atoms in total. The maximum absolute atomic E-state index is 12.2. The Balaban J connectivity index is 3.03. The molecule has 106 valence electrons. The monoisotopic (exact) mass is 276 g/mol. The van der Waals surface area contributed by atoms with E-state index in [-0.39, 0.29) is 11.4 Å². The Hall–Kier alpha value is -1.79. The number of carboxylic acid groups (broad SMARTS) is 1.